The summed E-state index contributed by atoms with van der Waals surface area (Å²) in [6.45, 7) is 3.08. The molecule has 3 aliphatic rings. The van der Waals surface area contributed by atoms with Gasteiger partial charge in [-0.3, -0.25) is 4.68 Å². The first-order chi connectivity index (χ1) is 8.81. The molecule has 18 heavy (non-hydrogen) atoms. The van der Waals surface area contributed by atoms with Crippen molar-refractivity contribution in [1.29, 1.82) is 0 Å². The summed E-state index contributed by atoms with van der Waals surface area (Å²) in [5, 5.41) is 15.0. The molecule has 3 saturated carbocycles. The molecule has 2 bridgehead atoms. The van der Waals surface area contributed by atoms with Crippen molar-refractivity contribution in [2.75, 3.05) is 0 Å². The van der Waals surface area contributed by atoms with Crippen LogP contribution in [0.5, 0.6) is 0 Å². The monoisotopic (exact) mass is 246 g/mol. The number of aliphatic hydroxyl groups excluding tert-OH is 1. The molecule has 3 heteroatoms. The highest BCUT2D eigenvalue weighted by Gasteiger charge is 2.67. The van der Waals surface area contributed by atoms with Gasteiger partial charge in [0.1, 0.15) is 0 Å². The standard InChI is InChI=1S/C15H22N2O/c1-2-7-17-11(5-6-16-17)15(18)14-12-9-3-4-10(8-9)13(12)14/h5-6,9-10,12-15,18H,2-4,7-8H2,1H3. The number of aromatic nitrogens is 2. The quantitative estimate of drug-likeness (QED) is 0.887. The van der Waals surface area contributed by atoms with Gasteiger partial charge in [-0.05, 0) is 61.3 Å². The Balaban J connectivity index is 1.54. The van der Waals surface area contributed by atoms with Crippen LogP contribution in [0.1, 0.15) is 44.4 Å². The normalized spacial score (nSPS) is 42.0. The Bertz CT molecular complexity index is 439. The van der Waals surface area contributed by atoms with Crippen LogP contribution in [0.2, 0.25) is 0 Å². The fourth-order valence-corrected chi connectivity index (χ4v) is 5.00. The molecular weight excluding hydrogens is 224 g/mol. The maximum absolute atomic E-state index is 10.7. The number of rotatable bonds is 4. The molecule has 3 nitrogen and oxygen atoms in total. The zero-order valence-corrected chi connectivity index (χ0v) is 11.0. The van der Waals surface area contributed by atoms with Crippen molar-refractivity contribution in [3.8, 4) is 0 Å². The largest absolute Gasteiger partial charge is 0.387 e. The van der Waals surface area contributed by atoms with E-state index in [4.69, 9.17) is 0 Å². The van der Waals surface area contributed by atoms with Crippen molar-refractivity contribution in [3.05, 3.63) is 18.0 Å². The number of fused-ring (bicyclic) bond motifs is 5. The second-order valence-electron chi connectivity index (χ2n) is 6.49. The predicted molar refractivity (Wildman–Crippen MR) is 68.8 cm³/mol. The van der Waals surface area contributed by atoms with E-state index in [-0.39, 0.29) is 6.10 Å². The average Bonchev–Trinajstić information content (AvgIpc) is 2.75. The zero-order chi connectivity index (χ0) is 12.3. The summed E-state index contributed by atoms with van der Waals surface area (Å²) in [5.74, 6) is 4.08. The van der Waals surface area contributed by atoms with Crippen molar-refractivity contribution in [2.24, 2.45) is 29.6 Å². The Morgan fingerprint density at radius 1 is 1.39 bits per heavy atom. The third-order valence-corrected chi connectivity index (χ3v) is 5.65. The zero-order valence-electron chi connectivity index (χ0n) is 11.0. The first-order valence-electron chi connectivity index (χ1n) is 7.51. The SMILES string of the molecule is CCCn1nccc1C(O)C1C2C3CCC(C3)C21. The molecule has 0 radical (unpaired) electrons. The lowest BCUT2D eigenvalue weighted by Crippen LogP contribution is -2.14. The maximum atomic E-state index is 10.7. The molecule has 3 fully saturated rings. The highest BCUT2D eigenvalue weighted by Crippen LogP contribution is 2.72. The van der Waals surface area contributed by atoms with Crippen LogP contribution in [0.25, 0.3) is 0 Å². The molecule has 1 heterocycles. The van der Waals surface area contributed by atoms with Crippen molar-refractivity contribution in [2.45, 2.75) is 45.3 Å². The molecule has 0 amide bonds. The number of aryl methyl sites for hydroxylation is 1. The Labute approximate surface area is 108 Å². The third-order valence-electron chi connectivity index (χ3n) is 5.65. The van der Waals surface area contributed by atoms with E-state index in [0.29, 0.717) is 5.92 Å². The first-order valence-corrected chi connectivity index (χ1v) is 7.51. The highest BCUT2D eigenvalue weighted by atomic mass is 16.3. The lowest BCUT2D eigenvalue weighted by atomic mass is 9.97. The van der Waals surface area contributed by atoms with Gasteiger partial charge in [0, 0.05) is 12.7 Å². The van der Waals surface area contributed by atoms with Crippen LogP contribution in [0.3, 0.4) is 0 Å². The van der Waals surface area contributed by atoms with E-state index in [1.807, 2.05) is 16.9 Å². The van der Waals surface area contributed by atoms with E-state index in [2.05, 4.69) is 12.0 Å². The second-order valence-corrected chi connectivity index (χ2v) is 6.49. The van der Waals surface area contributed by atoms with Gasteiger partial charge in [0.25, 0.3) is 0 Å². The van der Waals surface area contributed by atoms with Crippen LogP contribution in [0.4, 0.5) is 0 Å². The minimum absolute atomic E-state index is 0.266. The van der Waals surface area contributed by atoms with Crippen molar-refractivity contribution in [3.63, 3.8) is 0 Å². The molecule has 1 aromatic rings. The topological polar surface area (TPSA) is 38.0 Å². The van der Waals surface area contributed by atoms with E-state index in [1.54, 1.807) is 0 Å². The van der Waals surface area contributed by atoms with Gasteiger partial charge in [-0.15, -0.1) is 0 Å². The van der Waals surface area contributed by atoms with E-state index in [0.717, 1.165) is 42.3 Å². The minimum atomic E-state index is -0.266. The van der Waals surface area contributed by atoms with Crippen LogP contribution < -0.4 is 0 Å². The van der Waals surface area contributed by atoms with Gasteiger partial charge in [0.15, 0.2) is 0 Å². The summed E-state index contributed by atoms with van der Waals surface area (Å²) in [7, 11) is 0. The van der Waals surface area contributed by atoms with Crippen LogP contribution in [-0.4, -0.2) is 14.9 Å². The summed E-state index contributed by atoms with van der Waals surface area (Å²) in [5.41, 5.74) is 1.05. The molecule has 0 saturated heterocycles. The summed E-state index contributed by atoms with van der Waals surface area (Å²) in [6.07, 6.45) is 6.93. The van der Waals surface area contributed by atoms with Crippen molar-refractivity contribution >= 4 is 0 Å². The molecule has 0 aromatic carbocycles. The molecule has 1 aromatic heterocycles. The first kappa shape index (κ1) is 11.0. The number of hydrogen-bond acceptors (Lipinski definition) is 2. The predicted octanol–water partition coefficient (Wildman–Crippen LogP) is 2.62. The van der Waals surface area contributed by atoms with Gasteiger partial charge in [0.2, 0.25) is 0 Å². The maximum Gasteiger partial charge on any atom is 0.0990 e. The molecule has 5 atom stereocenters. The smallest absolute Gasteiger partial charge is 0.0990 e. The lowest BCUT2D eigenvalue weighted by Gasteiger charge is -2.16. The van der Waals surface area contributed by atoms with Crippen LogP contribution in [-0.2, 0) is 6.54 Å². The number of hydrogen-bond donors (Lipinski definition) is 1. The summed E-state index contributed by atoms with van der Waals surface area (Å²) < 4.78 is 2.00. The Hall–Kier alpha value is -0.830. The van der Waals surface area contributed by atoms with Gasteiger partial charge in [-0.1, -0.05) is 6.92 Å². The fourth-order valence-electron chi connectivity index (χ4n) is 5.00. The Morgan fingerprint density at radius 3 is 2.78 bits per heavy atom. The molecule has 3 aliphatic carbocycles. The summed E-state index contributed by atoms with van der Waals surface area (Å²) >= 11 is 0. The van der Waals surface area contributed by atoms with Gasteiger partial charge in [-0.25, -0.2) is 0 Å². The molecule has 1 N–H and O–H groups in total. The minimum Gasteiger partial charge on any atom is -0.387 e. The van der Waals surface area contributed by atoms with E-state index in [9.17, 15) is 5.11 Å². The van der Waals surface area contributed by atoms with E-state index < -0.39 is 0 Å². The van der Waals surface area contributed by atoms with E-state index >= 15 is 0 Å². The number of aliphatic hydroxyl groups is 1. The van der Waals surface area contributed by atoms with Crippen molar-refractivity contribution in [1.82, 2.24) is 9.78 Å². The van der Waals surface area contributed by atoms with E-state index in [1.165, 1.54) is 19.3 Å². The van der Waals surface area contributed by atoms with Crippen LogP contribution >= 0.6 is 0 Å². The lowest BCUT2D eigenvalue weighted by molar-refractivity contribution is 0.120. The third kappa shape index (κ3) is 1.37. The van der Waals surface area contributed by atoms with Gasteiger partial charge in [0.05, 0.1) is 11.8 Å². The van der Waals surface area contributed by atoms with Crippen LogP contribution in [0.15, 0.2) is 12.3 Å². The molecule has 98 valence electrons. The van der Waals surface area contributed by atoms with Gasteiger partial charge >= 0.3 is 0 Å². The summed E-state index contributed by atoms with van der Waals surface area (Å²) in [4.78, 5) is 0. The Morgan fingerprint density at radius 2 is 2.11 bits per heavy atom. The van der Waals surface area contributed by atoms with Crippen molar-refractivity contribution < 1.29 is 5.11 Å². The van der Waals surface area contributed by atoms with Gasteiger partial charge < -0.3 is 5.11 Å². The highest BCUT2D eigenvalue weighted by molar-refractivity contribution is 5.19. The molecule has 4 rings (SSSR count). The Kier molecular flexibility index (Phi) is 2.35. The van der Waals surface area contributed by atoms with Gasteiger partial charge in [-0.2, -0.15) is 5.10 Å². The van der Waals surface area contributed by atoms with Crippen LogP contribution in [0, 0.1) is 29.6 Å². The average molecular weight is 246 g/mol. The molecule has 5 unspecified atom stereocenters. The fraction of sp³-hybridized carbons (Fsp3) is 0.800. The molecule has 0 aliphatic heterocycles. The molecular formula is C15H22N2O. The number of nitrogens with zero attached hydrogens (tertiary/aromatic N) is 2. The molecule has 0 spiro atoms. The summed E-state index contributed by atoms with van der Waals surface area (Å²) in [6, 6.07) is 2.01. The second kappa shape index (κ2) is 3.83.